The van der Waals surface area contributed by atoms with Crippen LogP contribution in [0.5, 0.6) is 0 Å². The minimum absolute atomic E-state index is 0.0721. The second kappa shape index (κ2) is 14.2. The van der Waals surface area contributed by atoms with Crippen LogP contribution in [-0.2, 0) is 14.7 Å². The third-order valence-electron chi connectivity index (χ3n) is 10.6. The van der Waals surface area contributed by atoms with E-state index in [-0.39, 0.29) is 23.1 Å². The van der Waals surface area contributed by atoms with Crippen molar-refractivity contribution in [3.8, 4) is 0 Å². The summed E-state index contributed by atoms with van der Waals surface area (Å²) in [6.07, 6.45) is 1.86. The van der Waals surface area contributed by atoms with E-state index in [1.165, 1.54) is 6.33 Å². The Morgan fingerprint density at radius 2 is 1.29 bits per heavy atom. The van der Waals surface area contributed by atoms with Crippen LogP contribution in [0, 0.1) is 0 Å². The van der Waals surface area contributed by atoms with Crippen molar-refractivity contribution >= 4 is 31.2 Å². The Labute approximate surface area is 306 Å². The fraction of sp³-hybridized carbons (Fsp3) is 0.286. The second-order valence-electron chi connectivity index (χ2n) is 15.0. The zero-order valence-electron chi connectivity index (χ0n) is 30.5. The van der Waals surface area contributed by atoms with Gasteiger partial charge in [-0.25, -0.2) is 15.0 Å². The van der Waals surface area contributed by atoms with Crippen molar-refractivity contribution in [3.05, 3.63) is 156 Å². The lowest BCUT2D eigenvalue weighted by Crippen LogP contribution is -2.58. The largest absolute Gasteiger partial charge is 0.408 e. The summed E-state index contributed by atoms with van der Waals surface area (Å²) in [6.45, 7) is 13.4. The predicted octanol–water partition coefficient (Wildman–Crippen LogP) is 8.34. The first-order valence-corrected chi connectivity index (χ1v) is 20.7. The summed E-state index contributed by atoms with van der Waals surface area (Å²) in [5.74, 6) is 0.0554. The van der Waals surface area contributed by atoms with Crippen LogP contribution in [0.4, 0.5) is 5.82 Å². The van der Waals surface area contributed by atoms with Gasteiger partial charge < -0.3 is 14.5 Å². The quantitative estimate of drug-likeness (QED) is 0.109. The summed E-state index contributed by atoms with van der Waals surface area (Å²) in [4.78, 5) is 26.9. The molecular formula is C42H46N6O3Si. The Bertz CT molecular complexity index is 2020. The number of imidazole rings is 1. The number of anilines is 1. The zero-order chi connectivity index (χ0) is 36.5. The third-order valence-corrected chi connectivity index (χ3v) is 15.1. The Balaban J connectivity index is 1.35. The molecule has 10 heteroatoms. The third kappa shape index (κ3) is 6.59. The molecule has 3 heterocycles. The van der Waals surface area contributed by atoms with E-state index in [0.29, 0.717) is 22.5 Å². The molecule has 2 N–H and O–H groups in total. The molecule has 0 spiro atoms. The molecule has 4 aromatic carbocycles. The minimum atomic E-state index is -2.39. The van der Waals surface area contributed by atoms with E-state index in [9.17, 15) is 4.79 Å². The lowest BCUT2D eigenvalue weighted by molar-refractivity contribution is -0.0260. The summed E-state index contributed by atoms with van der Waals surface area (Å²) in [5.41, 5.74) is 4.11. The average Bonchev–Trinajstić information content (AvgIpc) is 3.72. The molecule has 1 aliphatic heterocycles. The van der Waals surface area contributed by atoms with Crippen molar-refractivity contribution < 1.29 is 14.0 Å². The SMILES string of the molecule is C[C@@H]1O[C@@H](n2cnc3c(NC(=O)c4ccccc4)ncnc32)[C@H](O[Si](C)(C)C(C)(C)C)[C@@H]1NC(c1ccccc1)(c1ccccc1)c1ccccc1. The van der Waals surface area contributed by atoms with Crippen LogP contribution in [0.2, 0.25) is 18.1 Å². The van der Waals surface area contributed by atoms with Crippen molar-refractivity contribution in [2.24, 2.45) is 0 Å². The van der Waals surface area contributed by atoms with E-state index in [4.69, 9.17) is 14.1 Å². The highest BCUT2D eigenvalue weighted by Gasteiger charge is 2.53. The summed E-state index contributed by atoms with van der Waals surface area (Å²) in [5, 5.41) is 7.06. The highest BCUT2D eigenvalue weighted by atomic mass is 28.4. The first-order valence-electron chi connectivity index (χ1n) is 17.8. The Morgan fingerprint density at radius 3 is 1.81 bits per heavy atom. The van der Waals surface area contributed by atoms with Gasteiger partial charge in [-0.1, -0.05) is 130 Å². The minimum Gasteiger partial charge on any atom is -0.408 e. The van der Waals surface area contributed by atoms with Gasteiger partial charge in [-0.3, -0.25) is 14.7 Å². The highest BCUT2D eigenvalue weighted by molar-refractivity contribution is 6.74. The molecule has 0 unspecified atom stereocenters. The normalized spacial score (nSPS) is 19.5. The average molecular weight is 711 g/mol. The maximum absolute atomic E-state index is 13.1. The number of nitrogens with one attached hydrogen (secondary N) is 2. The van der Waals surface area contributed by atoms with Crippen LogP contribution in [0.15, 0.2) is 134 Å². The van der Waals surface area contributed by atoms with E-state index in [0.717, 1.165) is 16.7 Å². The first-order chi connectivity index (χ1) is 25.0. The smallest absolute Gasteiger partial charge is 0.256 e. The molecule has 2 aromatic heterocycles. The highest BCUT2D eigenvalue weighted by Crippen LogP contribution is 2.45. The van der Waals surface area contributed by atoms with E-state index in [2.05, 4.69) is 134 Å². The number of benzene rings is 4. The van der Waals surface area contributed by atoms with Crippen LogP contribution in [-0.4, -0.2) is 52.0 Å². The maximum Gasteiger partial charge on any atom is 0.256 e. The molecule has 0 saturated carbocycles. The summed E-state index contributed by atoms with van der Waals surface area (Å²) in [6, 6.07) is 40.5. The Kier molecular flexibility index (Phi) is 9.66. The molecule has 266 valence electrons. The van der Waals surface area contributed by atoms with Gasteiger partial charge in [0.1, 0.15) is 12.4 Å². The van der Waals surface area contributed by atoms with Crippen molar-refractivity contribution in [1.82, 2.24) is 24.8 Å². The van der Waals surface area contributed by atoms with Crippen molar-refractivity contribution in [2.45, 2.75) is 75.8 Å². The van der Waals surface area contributed by atoms with Gasteiger partial charge in [0.2, 0.25) is 0 Å². The monoisotopic (exact) mass is 710 g/mol. The van der Waals surface area contributed by atoms with Crippen LogP contribution < -0.4 is 10.6 Å². The lowest BCUT2D eigenvalue weighted by Gasteiger charge is -2.44. The number of carbonyl (C=O) groups is 1. The number of carbonyl (C=O) groups excluding carboxylic acids is 1. The molecule has 6 aromatic rings. The molecule has 1 fully saturated rings. The Hall–Kier alpha value is -5.00. The zero-order valence-corrected chi connectivity index (χ0v) is 31.5. The van der Waals surface area contributed by atoms with E-state index in [1.54, 1.807) is 18.5 Å². The summed E-state index contributed by atoms with van der Waals surface area (Å²) >= 11 is 0. The fourth-order valence-electron chi connectivity index (χ4n) is 6.86. The number of hydrogen-bond donors (Lipinski definition) is 2. The molecule has 0 bridgehead atoms. The molecule has 52 heavy (non-hydrogen) atoms. The van der Waals surface area contributed by atoms with Gasteiger partial charge in [0.25, 0.3) is 5.91 Å². The van der Waals surface area contributed by atoms with Gasteiger partial charge in [0.15, 0.2) is 31.5 Å². The van der Waals surface area contributed by atoms with Crippen LogP contribution in [0.1, 0.15) is 61.0 Å². The van der Waals surface area contributed by atoms with Gasteiger partial charge in [-0.2, -0.15) is 0 Å². The molecule has 1 amide bonds. The van der Waals surface area contributed by atoms with Crippen molar-refractivity contribution in [2.75, 3.05) is 5.32 Å². The van der Waals surface area contributed by atoms with Crippen molar-refractivity contribution in [1.29, 1.82) is 0 Å². The number of rotatable bonds is 10. The van der Waals surface area contributed by atoms with E-state index >= 15 is 0 Å². The standard InChI is InChI=1S/C42H46N6O3Si/c1-29-34(47-42(31-21-13-8-14-22-31,32-23-15-9-16-24-32)33-25-17-10-18-26-33)36(51-52(5,6)41(2,3)4)40(50-29)48-28-45-35-37(43-27-44-38(35)48)46-39(49)30-19-11-7-12-20-30/h7-29,34,36,40,47H,1-6H3,(H,43,44,46,49)/t29-,34+,36+,40+/m0/s1. The van der Waals surface area contributed by atoms with E-state index in [1.807, 2.05) is 41.0 Å². The number of aromatic nitrogens is 4. The maximum atomic E-state index is 13.1. The molecule has 0 aliphatic carbocycles. The number of ether oxygens (including phenoxy) is 1. The number of fused-ring (bicyclic) bond motifs is 1. The molecule has 4 atom stereocenters. The van der Waals surface area contributed by atoms with E-state index < -0.39 is 26.2 Å². The molecule has 1 aliphatic rings. The summed E-state index contributed by atoms with van der Waals surface area (Å²) < 4.78 is 16.3. The summed E-state index contributed by atoms with van der Waals surface area (Å²) in [7, 11) is -2.39. The molecule has 7 rings (SSSR count). The number of hydrogen-bond acceptors (Lipinski definition) is 7. The fourth-order valence-corrected chi connectivity index (χ4v) is 8.16. The topological polar surface area (TPSA) is 103 Å². The number of amides is 1. The van der Waals surface area contributed by atoms with Crippen LogP contribution in [0.25, 0.3) is 11.2 Å². The predicted molar refractivity (Wildman–Crippen MR) is 208 cm³/mol. The second-order valence-corrected chi connectivity index (χ2v) is 19.7. The van der Waals surface area contributed by atoms with Gasteiger partial charge in [0, 0.05) is 5.56 Å². The first kappa shape index (κ1) is 35.4. The van der Waals surface area contributed by atoms with Gasteiger partial charge in [-0.15, -0.1) is 0 Å². The number of nitrogens with zero attached hydrogens (tertiary/aromatic N) is 4. The van der Waals surface area contributed by atoms with Crippen LogP contribution in [0.3, 0.4) is 0 Å². The molecule has 0 radical (unpaired) electrons. The lowest BCUT2D eigenvalue weighted by atomic mass is 9.76. The molecule has 9 nitrogen and oxygen atoms in total. The van der Waals surface area contributed by atoms with Gasteiger partial charge in [-0.05, 0) is 53.9 Å². The van der Waals surface area contributed by atoms with Crippen LogP contribution >= 0.6 is 0 Å². The van der Waals surface area contributed by atoms with Gasteiger partial charge in [0.05, 0.1) is 24.0 Å². The van der Waals surface area contributed by atoms with Gasteiger partial charge >= 0.3 is 0 Å². The molecular weight excluding hydrogens is 665 g/mol. The molecule has 1 saturated heterocycles. The van der Waals surface area contributed by atoms with Crippen molar-refractivity contribution in [3.63, 3.8) is 0 Å². The Morgan fingerprint density at radius 1 is 0.769 bits per heavy atom.